The van der Waals surface area contributed by atoms with Crippen LogP contribution in [0.5, 0.6) is 0 Å². The topological polar surface area (TPSA) is 118 Å². The number of rotatable bonds is 14. The average molecular weight is 674 g/mol. The van der Waals surface area contributed by atoms with Crippen molar-refractivity contribution in [2.45, 2.75) is 134 Å². The number of aromatic nitrogens is 1. The molecule has 0 radical (unpaired) electrons. The minimum Gasteiger partial charge on any atom is -0.396 e. The number of nitrogen functional groups attached to an aromatic ring is 1. The van der Waals surface area contributed by atoms with E-state index in [1.54, 1.807) is 0 Å². The average Bonchev–Trinajstić information content (AvgIpc) is 3.10. The minimum atomic E-state index is -0.264. The molecule has 0 spiro atoms. The van der Waals surface area contributed by atoms with E-state index in [9.17, 15) is 5.11 Å². The zero-order valence-electron chi connectivity index (χ0n) is 33.1. The number of aryl methyl sites for hydroxylation is 2. The molecule has 1 saturated heterocycles. The van der Waals surface area contributed by atoms with Crippen LogP contribution in [0.15, 0.2) is 23.2 Å². The number of aliphatic hydroxyl groups excluding tert-OH is 3. The van der Waals surface area contributed by atoms with Crippen molar-refractivity contribution in [1.82, 2.24) is 14.8 Å². The lowest BCUT2D eigenvalue weighted by atomic mass is 9.90. The van der Waals surface area contributed by atoms with Crippen molar-refractivity contribution in [3.05, 3.63) is 29.3 Å². The zero-order chi connectivity index (χ0) is 36.9. The van der Waals surface area contributed by atoms with E-state index in [4.69, 9.17) is 25.9 Å². The highest BCUT2D eigenvalue weighted by Crippen LogP contribution is 2.32. The summed E-state index contributed by atoms with van der Waals surface area (Å²) in [7, 11) is 0. The number of pyridine rings is 1. The molecule has 0 unspecified atom stereocenters. The van der Waals surface area contributed by atoms with Gasteiger partial charge in [-0.05, 0) is 89.5 Å². The Hall–Kier alpha value is -2.10. The van der Waals surface area contributed by atoms with Crippen LogP contribution >= 0.6 is 0 Å². The number of anilines is 1. The van der Waals surface area contributed by atoms with E-state index in [1.807, 2.05) is 27.7 Å². The number of piperazine rings is 1. The van der Waals surface area contributed by atoms with Crippen LogP contribution in [0.4, 0.5) is 11.5 Å². The first kappa shape index (κ1) is 45.9. The van der Waals surface area contributed by atoms with Crippen LogP contribution in [0.1, 0.15) is 126 Å². The van der Waals surface area contributed by atoms with Gasteiger partial charge in [0.25, 0.3) is 0 Å². The Bertz CT molecular complexity index is 1160. The van der Waals surface area contributed by atoms with E-state index in [0.717, 1.165) is 105 Å². The number of benzene rings is 1. The maximum Gasteiger partial charge on any atom is 0.150 e. The molecule has 1 fully saturated rings. The number of fused-ring (bicyclic) bond motifs is 1. The molecule has 1 aliphatic heterocycles. The molecule has 0 amide bonds. The third-order valence-electron chi connectivity index (χ3n) is 9.49. The number of aliphatic imine (C=N–C) groups is 1. The molecular weight excluding hydrogens is 598 g/mol. The van der Waals surface area contributed by atoms with Gasteiger partial charge in [0.1, 0.15) is 11.5 Å². The molecule has 0 atom stereocenters. The number of nitrogens with zero attached hydrogens (tertiary/aromatic N) is 4. The summed E-state index contributed by atoms with van der Waals surface area (Å²) >= 11 is 0. The smallest absolute Gasteiger partial charge is 0.150 e. The first-order chi connectivity index (χ1) is 22.7. The Morgan fingerprint density at radius 2 is 1.54 bits per heavy atom. The predicted molar refractivity (Wildman–Crippen MR) is 210 cm³/mol. The van der Waals surface area contributed by atoms with Gasteiger partial charge in [0, 0.05) is 48.2 Å². The summed E-state index contributed by atoms with van der Waals surface area (Å²) in [5.74, 6) is 1.41. The van der Waals surface area contributed by atoms with Crippen LogP contribution in [-0.4, -0.2) is 93.9 Å². The van der Waals surface area contributed by atoms with Crippen molar-refractivity contribution >= 4 is 28.1 Å². The molecule has 0 bridgehead atoms. The predicted octanol–water partition coefficient (Wildman–Crippen LogP) is 8.20. The van der Waals surface area contributed by atoms with Crippen LogP contribution in [0.2, 0.25) is 0 Å². The van der Waals surface area contributed by atoms with Crippen LogP contribution in [-0.2, 0) is 6.42 Å². The van der Waals surface area contributed by atoms with E-state index in [2.05, 4.69) is 83.4 Å². The van der Waals surface area contributed by atoms with Gasteiger partial charge in [0.15, 0.2) is 0 Å². The summed E-state index contributed by atoms with van der Waals surface area (Å²) in [5.41, 5.74) is 11.3. The lowest BCUT2D eigenvalue weighted by Gasteiger charge is -2.43. The van der Waals surface area contributed by atoms with Gasteiger partial charge in [-0.3, -0.25) is 9.89 Å². The van der Waals surface area contributed by atoms with Gasteiger partial charge in [0.05, 0.1) is 25.3 Å². The molecule has 5 N–H and O–H groups in total. The van der Waals surface area contributed by atoms with Crippen molar-refractivity contribution < 1.29 is 15.3 Å². The van der Waals surface area contributed by atoms with Gasteiger partial charge in [-0.15, -0.1) is 0 Å². The van der Waals surface area contributed by atoms with Crippen LogP contribution in [0, 0.1) is 18.3 Å². The van der Waals surface area contributed by atoms with Gasteiger partial charge in [-0.25, -0.2) is 4.98 Å². The molecule has 1 aromatic heterocycles. The first-order valence-electron chi connectivity index (χ1n) is 18.7. The molecule has 1 aliphatic rings. The van der Waals surface area contributed by atoms with Crippen molar-refractivity contribution in [1.29, 1.82) is 0 Å². The van der Waals surface area contributed by atoms with Gasteiger partial charge in [0.2, 0.25) is 0 Å². The highest BCUT2D eigenvalue weighted by molar-refractivity contribution is 5.93. The summed E-state index contributed by atoms with van der Waals surface area (Å²) < 4.78 is 0. The first-order valence-corrected chi connectivity index (χ1v) is 18.7. The number of hydrogen-bond donors (Lipinski definition) is 4. The van der Waals surface area contributed by atoms with E-state index >= 15 is 0 Å². The van der Waals surface area contributed by atoms with Crippen molar-refractivity contribution in [2.24, 2.45) is 16.3 Å². The summed E-state index contributed by atoms with van der Waals surface area (Å²) in [5, 5.41) is 28.0. The number of nitrogens with two attached hydrogens (primary N) is 1. The molecule has 0 saturated carbocycles. The number of aliphatic hydroxyl groups is 3. The molecule has 48 heavy (non-hydrogen) atoms. The Morgan fingerprint density at radius 3 is 2.00 bits per heavy atom. The minimum absolute atomic E-state index is 0.0694. The Balaban J connectivity index is 0.00000123. The fourth-order valence-electron chi connectivity index (χ4n) is 4.92. The van der Waals surface area contributed by atoms with E-state index in [1.165, 1.54) is 12.0 Å². The molecule has 1 aromatic carbocycles. The largest absolute Gasteiger partial charge is 0.396 e. The third kappa shape index (κ3) is 16.1. The molecular formula is C40H75N5O3. The van der Waals surface area contributed by atoms with Crippen molar-refractivity contribution in [3.8, 4) is 0 Å². The highest BCUT2D eigenvalue weighted by Gasteiger charge is 2.29. The van der Waals surface area contributed by atoms with Crippen LogP contribution in [0.25, 0.3) is 10.9 Å². The van der Waals surface area contributed by atoms with Crippen LogP contribution < -0.4 is 5.73 Å². The van der Waals surface area contributed by atoms with Gasteiger partial charge in [-0.2, -0.15) is 0 Å². The maximum absolute atomic E-state index is 9.60. The molecule has 2 heterocycles. The highest BCUT2D eigenvalue weighted by atomic mass is 16.3. The van der Waals surface area contributed by atoms with E-state index < -0.39 is 0 Å². The second-order valence-electron chi connectivity index (χ2n) is 14.5. The zero-order valence-corrected chi connectivity index (χ0v) is 33.1. The Morgan fingerprint density at radius 1 is 0.958 bits per heavy atom. The van der Waals surface area contributed by atoms with Crippen molar-refractivity contribution in [2.75, 3.05) is 58.3 Å². The van der Waals surface area contributed by atoms with Gasteiger partial charge < -0.3 is 26.0 Å². The maximum atomic E-state index is 9.60. The summed E-state index contributed by atoms with van der Waals surface area (Å²) in [4.78, 5) is 14.4. The molecule has 0 aliphatic carbocycles. The SMILES string of the molecule is CC.CCC(C)(CO)CO.CCC(C)C.CCCCC(C)=Nc1c(N)nc2cc(CCCN3CCN(C(C)(C)CO)CC3)ccc2c1C. The van der Waals surface area contributed by atoms with Crippen molar-refractivity contribution in [3.63, 3.8) is 0 Å². The second kappa shape index (κ2) is 24.1. The van der Waals surface area contributed by atoms with E-state index in [-0.39, 0.29) is 30.8 Å². The lowest BCUT2D eigenvalue weighted by Crippen LogP contribution is -2.56. The molecule has 2 aromatic rings. The molecule has 8 nitrogen and oxygen atoms in total. The fraction of sp³-hybridized carbons (Fsp3) is 0.750. The summed E-state index contributed by atoms with van der Waals surface area (Å²) in [6.45, 7) is 30.7. The van der Waals surface area contributed by atoms with E-state index in [0.29, 0.717) is 5.82 Å². The Labute approximate surface area is 295 Å². The standard InChI is InChI=1S/C27H43N5O.C6H14O2.C5H12.C2H6/c1-6-7-9-20(2)29-25-21(3)23-12-11-22(18-24(23)30-26(25)28)10-8-13-31-14-16-32(17-15-31)27(4,5)19-33;1-3-6(2,4-7)5-8;1-4-5(2)3;1-2/h11-12,18,33H,6-10,13-17,19H2,1-5H3,(H2,28,30);7-8H,3-5H2,1-2H3;5H,4H2,1-3H3;1-2H3. The van der Waals surface area contributed by atoms with Crippen LogP contribution in [0.3, 0.4) is 0 Å². The molecule has 278 valence electrons. The van der Waals surface area contributed by atoms with Gasteiger partial charge >= 0.3 is 0 Å². The number of unbranched alkanes of at least 4 members (excludes halogenated alkanes) is 1. The normalized spacial score (nSPS) is 14.5. The summed E-state index contributed by atoms with van der Waals surface area (Å²) in [6, 6.07) is 6.60. The van der Waals surface area contributed by atoms with Gasteiger partial charge in [-0.1, -0.05) is 80.4 Å². The summed E-state index contributed by atoms with van der Waals surface area (Å²) in [6.07, 6.45) is 7.60. The fourth-order valence-corrected chi connectivity index (χ4v) is 4.92. The molecule has 8 heteroatoms. The molecule has 3 rings (SSSR count). The number of hydrogen-bond acceptors (Lipinski definition) is 8. The lowest BCUT2D eigenvalue weighted by molar-refractivity contribution is 0.0166. The Kier molecular flexibility index (Phi) is 23.1. The monoisotopic (exact) mass is 674 g/mol. The quantitative estimate of drug-likeness (QED) is 0.149. The second-order valence-corrected chi connectivity index (χ2v) is 14.5. The third-order valence-corrected chi connectivity index (χ3v) is 9.49.